The van der Waals surface area contributed by atoms with Gasteiger partial charge in [0.1, 0.15) is 5.75 Å². The molecule has 3 aromatic rings. The predicted octanol–water partition coefficient (Wildman–Crippen LogP) is 4.12. The van der Waals surface area contributed by atoms with Gasteiger partial charge in [-0.3, -0.25) is 14.6 Å². The first-order valence-electron chi connectivity index (χ1n) is 12.1. The van der Waals surface area contributed by atoms with Crippen LogP contribution in [0.25, 0.3) is 11.0 Å². The molecule has 0 fully saturated rings. The molecule has 5 rings (SSSR count). The molecule has 9 nitrogen and oxygen atoms in total. The first-order valence-corrected chi connectivity index (χ1v) is 12.1. The monoisotopic (exact) mass is 523 g/mol. The lowest BCUT2D eigenvalue weighted by Gasteiger charge is -2.34. The lowest BCUT2D eigenvalue weighted by molar-refractivity contribution is -0.145. The Labute approximate surface area is 224 Å². The summed E-state index contributed by atoms with van der Waals surface area (Å²) < 4.78 is 15.9. The fourth-order valence-corrected chi connectivity index (χ4v) is 4.29. The van der Waals surface area contributed by atoms with E-state index in [2.05, 4.69) is 9.97 Å². The SMILES string of the molecule is COCC=CC1=CC2=CC(=O)C(C)(OC(=O)c3cnc4ccccc4n3)C(=O)C2=CN1c1ccc(OC)cc1. The third-order valence-electron chi connectivity index (χ3n) is 6.44. The number of nitrogens with zero attached hydrogens (tertiary/aromatic N) is 3. The molecule has 0 bridgehead atoms. The zero-order valence-electron chi connectivity index (χ0n) is 21.6. The highest BCUT2D eigenvalue weighted by Crippen LogP contribution is 2.37. The Kier molecular flexibility index (Phi) is 6.91. The molecule has 1 unspecified atom stereocenters. The minimum atomic E-state index is -2.07. The Morgan fingerprint density at radius 3 is 2.49 bits per heavy atom. The van der Waals surface area contributed by atoms with Crippen LogP contribution in [0.3, 0.4) is 0 Å². The van der Waals surface area contributed by atoms with Crippen molar-refractivity contribution in [2.45, 2.75) is 12.5 Å². The number of aromatic nitrogens is 2. The van der Waals surface area contributed by atoms with Crippen molar-refractivity contribution in [2.24, 2.45) is 0 Å². The maximum absolute atomic E-state index is 13.8. The molecule has 0 saturated heterocycles. The highest BCUT2D eigenvalue weighted by molar-refractivity contribution is 6.27. The summed E-state index contributed by atoms with van der Waals surface area (Å²) in [7, 11) is 3.17. The van der Waals surface area contributed by atoms with Gasteiger partial charge in [-0.15, -0.1) is 0 Å². The minimum Gasteiger partial charge on any atom is -0.497 e. The molecule has 0 spiro atoms. The van der Waals surface area contributed by atoms with Gasteiger partial charge >= 0.3 is 5.97 Å². The summed E-state index contributed by atoms with van der Waals surface area (Å²) in [5.41, 5.74) is 1.04. The van der Waals surface area contributed by atoms with Crippen molar-refractivity contribution in [3.63, 3.8) is 0 Å². The summed E-state index contributed by atoms with van der Waals surface area (Å²) in [6.45, 7) is 1.68. The molecular formula is C30H25N3O6. The van der Waals surface area contributed by atoms with E-state index in [1.165, 1.54) is 19.2 Å². The number of para-hydroxylation sites is 2. The second kappa shape index (κ2) is 10.5. The maximum Gasteiger partial charge on any atom is 0.360 e. The Balaban J connectivity index is 1.50. The summed E-state index contributed by atoms with van der Waals surface area (Å²) in [5.74, 6) is -1.52. The van der Waals surface area contributed by atoms with Crippen LogP contribution in [0.1, 0.15) is 17.4 Å². The number of hydrogen-bond acceptors (Lipinski definition) is 9. The number of anilines is 1. The number of methoxy groups -OCH3 is 2. The van der Waals surface area contributed by atoms with Gasteiger partial charge in [0.05, 0.1) is 30.9 Å². The van der Waals surface area contributed by atoms with Crippen molar-refractivity contribution in [1.29, 1.82) is 0 Å². The molecule has 2 aromatic carbocycles. The van der Waals surface area contributed by atoms with E-state index in [4.69, 9.17) is 14.2 Å². The van der Waals surface area contributed by atoms with Crippen molar-refractivity contribution in [3.8, 4) is 5.75 Å². The van der Waals surface area contributed by atoms with Crippen LogP contribution in [0.5, 0.6) is 5.75 Å². The normalized spacial score (nSPS) is 18.9. The van der Waals surface area contributed by atoms with Gasteiger partial charge in [0.25, 0.3) is 0 Å². The highest BCUT2D eigenvalue weighted by atomic mass is 16.6. The fraction of sp³-hybridized carbons (Fsp3) is 0.167. The van der Waals surface area contributed by atoms with Gasteiger partial charge in [-0.1, -0.05) is 18.2 Å². The molecule has 2 aliphatic rings. The zero-order chi connectivity index (χ0) is 27.6. The largest absolute Gasteiger partial charge is 0.497 e. The van der Waals surface area contributed by atoms with Gasteiger partial charge < -0.3 is 19.1 Å². The predicted molar refractivity (Wildman–Crippen MR) is 144 cm³/mol. The summed E-state index contributed by atoms with van der Waals surface area (Å²) in [4.78, 5) is 50.3. The van der Waals surface area contributed by atoms with E-state index in [9.17, 15) is 14.4 Å². The van der Waals surface area contributed by atoms with E-state index in [1.54, 1.807) is 62.9 Å². The second-order valence-corrected chi connectivity index (χ2v) is 9.00. The number of rotatable bonds is 7. The number of allylic oxidation sites excluding steroid dienone is 3. The van der Waals surface area contributed by atoms with E-state index in [0.29, 0.717) is 34.7 Å². The highest BCUT2D eigenvalue weighted by Gasteiger charge is 2.49. The summed E-state index contributed by atoms with van der Waals surface area (Å²) >= 11 is 0. The number of benzene rings is 2. The van der Waals surface area contributed by atoms with Gasteiger partial charge in [0, 0.05) is 30.3 Å². The van der Waals surface area contributed by atoms with Crippen LogP contribution >= 0.6 is 0 Å². The Morgan fingerprint density at radius 2 is 1.77 bits per heavy atom. The van der Waals surface area contributed by atoms with Crippen LogP contribution in [0.2, 0.25) is 0 Å². The Hall–Kier alpha value is -4.89. The number of ether oxygens (including phenoxy) is 3. The molecule has 1 aliphatic carbocycles. The number of esters is 1. The van der Waals surface area contributed by atoms with Gasteiger partial charge in [0.2, 0.25) is 17.2 Å². The molecule has 2 heterocycles. The molecule has 0 saturated carbocycles. The van der Waals surface area contributed by atoms with E-state index in [1.807, 2.05) is 29.2 Å². The van der Waals surface area contributed by atoms with Gasteiger partial charge in [-0.25, -0.2) is 9.78 Å². The van der Waals surface area contributed by atoms with Crippen LogP contribution in [0, 0.1) is 0 Å². The average Bonchev–Trinajstić information content (AvgIpc) is 2.96. The first kappa shape index (κ1) is 25.7. The van der Waals surface area contributed by atoms with E-state index < -0.39 is 23.1 Å². The Bertz CT molecular complexity index is 1600. The van der Waals surface area contributed by atoms with Crippen LogP contribution in [0.4, 0.5) is 5.69 Å². The quantitative estimate of drug-likeness (QED) is 0.334. The molecule has 1 aliphatic heterocycles. The zero-order valence-corrected chi connectivity index (χ0v) is 21.6. The van der Waals surface area contributed by atoms with Gasteiger partial charge in [-0.2, -0.15) is 0 Å². The molecule has 9 heteroatoms. The lowest BCUT2D eigenvalue weighted by Crippen LogP contribution is -2.51. The smallest absolute Gasteiger partial charge is 0.360 e. The van der Waals surface area contributed by atoms with Crippen molar-refractivity contribution in [2.75, 3.05) is 25.7 Å². The molecular weight excluding hydrogens is 498 g/mol. The molecule has 196 valence electrons. The standard InChI is InChI=1S/C30H25N3O6/c1-30(39-29(36)26-17-31-24-8-4-5-9-25(24)32-26)27(34)16-19-15-21(7-6-14-37-2)33(18-23(19)28(30)35)20-10-12-22(38-3)13-11-20/h4-13,15-18H,14H2,1-3H3. The molecule has 1 atom stereocenters. The van der Waals surface area contributed by atoms with Crippen LogP contribution < -0.4 is 9.64 Å². The van der Waals surface area contributed by atoms with Crippen molar-refractivity contribution in [3.05, 3.63) is 108 Å². The second-order valence-electron chi connectivity index (χ2n) is 9.00. The third kappa shape index (κ3) is 4.87. The molecule has 0 radical (unpaired) electrons. The number of carbonyl (C=O) groups excluding carboxylic acids is 3. The molecule has 0 amide bonds. The topological polar surface area (TPSA) is 108 Å². The van der Waals surface area contributed by atoms with Crippen molar-refractivity contribution < 1.29 is 28.6 Å². The third-order valence-corrected chi connectivity index (χ3v) is 6.44. The van der Waals surface area contributed by atoms with Gasteiger partial charge in [-0.05, 0) is 67.1 Å². The first-order chi connectivity index (χ1) is 18.8. The average molecular weight is 524 g/mol. The summed E-state index contributed by atoms with van der Waals surface area (Å²) in [5, 5.41) is 0. The van der Waals surface area contributed by atoms with Gasteiger partial charge in [0.15, 0.2) is 5.69 Å². The van der Waals surface area contributed by atoms with Crippen LogP contribution in [-0.2, 0) is 19.1 Å². The maximum atomic E-state index is 13.8. The minimum absolute atomic E-state index is 0.103. The summed E-state index contributed by atoms with van der Waals surface area (Å²) in [6, 6.07) is 14.3. The van der Waals surface area contributed by atoms with Crippen molar-refractivity contribution >= 4 is 34.3 Å². The van der Waals surface area contributed by atoms with Crippen LogP contribution in [-0.4, -0.2) is 53.9 Å². The number of carbonyl (C=O) groups is 3. The van der Waals surface area contributed by atoms with E-state index in [0.717, 1.165) is 5.69 Å². The number of fused-ring (bicyclic) bond motifs is 2. The molecule has 1 aromatic heterocycles. The number of Topliss-reactive ketones (excluding diaryl/α,β-unsaturated/α-hetero) is 1. The van der Waals surface area contributed by atoms with Crippen LogP contribution in [0.15, 0.2) is 102 Å². The fourth-order valence-electron chi connectivity index (χ4n) is 4.29. The number of ketones is 2. The Morgan fingerprint density at radius 1 is 1.03 bits per heavy atom. The number of hydrogen-bond donors (Lipinski definition) is 0. The lowest BCUT2D eigenvalue weighted by atomic mass is 9.79. The summed E-state index contributed by atoms with van der Waals surface area (Å²) in [6.07, 6.45) is 9.62. The molecule has 39 heavy (non-hydrogen) atoms. The van der Waals surface area contributed by atoms with E-state index in [-0.39, 0.29) is 11.3 Å². The molecule has 0 N–H and O–H groups in total. The van der Waals surface area contributed by atoms with E-state index >= 15 is 0 Å². The van der Waals surface area contributed by atoms with Crippen molar-refractivity contribution in [1.82, 2.24) is 9.97 Å².